The van der Waals surface area contributed by atoms with Gasteiger partial charge in [-0.1, -0.05) is 26.8 Å². The summed E-state index contributed by atoms with van der Waals surface area (Å²) in [5.74, 6) is 0.0941. The van der Waals surface area contributed by atoms with Crippen molar-refractivity contribution >= 4 is 11.9 Å². The minimum absolute atomic E-state index is 0.0215. The molecule has 142 valence electrons. The van der Waals surface area contributed by atoms with E-state index in [-0.39, 0.29) is 17.4 Å². The molecule has 0 bridgehead atoms. The van der Waals surface area contributed by atoms with Crippen molar-refractivity contribution < 1.29 is 9.59 Å². The molecule has 0 atom stereocenters. The van der Waals surface area contributed by atoms with Crippen LogP contribution in [0.15, 0.2) is 18.2 Å². The van der Waals surface area contributed by atoms with E-state index >= 15 is 0 Å². The Hall–Kier alpha value is -2.04. The van der Waals surface area contributed by atoms with E-state index in [0.29, 0.717) is 32.7 Å². The monoisotopic (exact) mass is 357 g/mol. The minimum atomic E-state index is -0.0215. The third kappa shape index (κ3) is 4.57. The molecule has 0 saturated carbocycles. The lowest BCUT2D eigenvalue weighted by Gasteiger charge is -2.25. The van der Waals surface area contributed by atoms with Gasteiger partial charge < -0.3 is 15.1 Å². The highest BCUT2D eigenvalue weighted by atomic mass is 16.2. The van der Waals surface area contributed by atoms with Crippen LogP contribution in [0.5, 0.6) is 0 Å². The van der Waals surface area contributed by atoms with Crippen molar-refractivity contribution in [1.29, 1.82) is 0 Å². The third-order valence-electron chi connectivity index (χ3n) is 5.19. The fourth-order valence-electron chi connectivity index (χ4n) is 3.66. The number of urea groups is 1. The van der Waals surface area contributed by atoms with E-state index < -0.39 is 0 Å². The number of nitrogens with zero attached hydrogens (tertiary/aromatic N) is 2. The molecule has 5 heteroatoms. The summed E-state index contributed by atoms with van der Waals surface area (Å²) in [4.78, 5) is 29.0. The van der Waals surface area contributed by atoms with E-state index in [1.807, 2.05) is 15.9 Å². The van der Waals surface area contributed by atoms with Gasteiger partial charge in [-0.05, 0) is 54.4 Å². The summed E-state index contributed by atoms with van der Waals surface area (Å²) < 4.78 is 0. The topological polar surface area (TPSA) is 52.7 Å². The molecule has 0 radical (unpaired) electrons. The van der Waals surface area contributed by atoms with Gasteiger partial charge in [-0.25, -0.2) is 4.79 Å². The van der Waals surface area contributed by atoms with E-state index in [9.17, 15) is 9.59 Å². The van der Waals surface area contributed by atoms with Gasteiger partial charge in [0.15, 0.2) is 0 Å². The number of rotatable bonds is 2. The first-order valence-electron chi connectivity index (χ1n) is 9.77. The fourth-order valence-corrected chi connectivity index (χ4v) is 3.66. The van der Waals surface area contributed by atoms with E-state index in [4.69, 9.17) is 0 Å². The van der Waals surface area contributed by atoms with E-state index in [2.05, 4.69) is 38.2 Å². The van der Waals surface area contributed by atoms with Crippen LogP contribution in [-0.2, 0) is 12.8 Å². The molecule has 0 aromatic heterocycles. The fraction of sp³-hybridized carbons (Fsp3) is 0.619. The Labute approximate surface area is 156 Å². The zero-order valence-electron chi connectivity index (χ0n) is 16.3. The quantitative estimate of drug-likeness (QED) is 0.884. The Morgan fingerprint density at radius 1 is 0.962 bits per heavy atom. The van der Waals surface area contributed by atoms with Gasteiger partial charge in [0.05, 0.1) is 0 Å². The van der Waals surface area contributed by atoms with E-state index in [1.165, 1.54) is 17.5 Å². The van der Waals surface area contributed by atoms with Crippen LogP contribution in [0.4, 0.5) is 4.79 Å². The van der Waals surface area contributed by atoms with Crippen LogP contribution < -0.4 is 5.32 Å². The predicted molar refractivity (Wildman–Crippen MR) is 103 cm³/mol. The molecular formula is C21H31N3O2. The molecule has 1 aliphatic carbocycles. The highest BCUT2D eigenvalue weighted by Crippen LogP contribution is 2.23. The van der Waals surface area contributed by atoms with Crippen molar-refractivity contribution in [1.82, 2.24) is 15.1 Å². The molecule has 1 N–H and O–H groups in total. The second kappa shape index (κ2) is 7.68. The molecule has 1 aliphatic heterocycles. The Balaban J connectivity index is 1.58. The van der Waals surface area contributed by atoms with Gasteiger partial charge in [0.1, 0.15) is 0 Å². The standard InChI is InChI=1S/C21H31N3O2/c1-21(2,3)15-22-20(26)24-11-5-10-23(12-13-24)19(25)18-9-8-16-6-4-7-17(16)14-18/h8-9,14H,4-7,10-13,15H2,1-3H3,(H,22,26). The van der Waals surface area contributed by atoms with Gasteiger partial charge in [0.25, 0.3) is 5.91 Å². The van der Waals surface area contributed by atoms with Gasteiger partial charge >= 0.3 is 6.03 Å². The minimum Gasteiger partial charge on any atom is -0.337 e. The van der Waals surface area contributed by atoms with Crippen LogP contribution >= 0.6 is 0 Å². The molecule has 1 aromatic rings. The van der Waals surface area contributed by atoms with Crippen molar-refractivity contribution in [3.63, 3.8) is 0 Å². The smallest absolute Gasteiger partial charge is 0.317 e. The molecule has 0 unspecified atom stereocenters. The summed E-state index contributed by atoms with van der Waals surface area (Å²) in [6.45, 7) is 9.56. The summed E-state index contributed by atoms with van der Waals surface area (Å²) in [6, 6.07) is 6.13. The first-order chi connectivity index (χ1) is 12.3. The summed E-state index contributed by atoms with van der Waals surface area (Å²) in [5, 5.41) is 3.01. The van der Waals surface area contributed by atoms with Gasteiger partial charge in [-0.2, -0.15) is 0 Å². The number of carbonyl (C=O) groups is 2. The molecule has 2 aliphatic rings. The molecule has 3 rings (SSSR count). The van der Waals surface area contributed by atoms with Crippen molar-refractivity contribution in [3.05, 3.63) is 34.9 Å². The normalized spacial score (nSPS) is 17.7. The average Bonchev–Trinajstić information content (AvgIpc) is 2.93. The molecule has 26 heavy (non-hydrogen) atoms. The van der Waals surface area contributed by atoms with Gasteiger partial charge in [-0.3, -0.25) is 4.79 Å². The summed E-state index contributed by atoms with van der Waals surface area (Å²) in [5.41, 5.74) is 3.57. The van der Waals surface area contributed by atoms with Gasteiger partial charge in [0, 0.05) is 38.3 Å². The number of aryl methyl sites for hydroxylation is 2. The number of hydrogen-bond acceptors (Lipinski definition) is 2. The first kappa shape index (κ1) is 18.7. The Morgan fingerprint density at radius 2 is 1.65 bits per heavy atom. The summed E-state index contributed by atoms with van der Waals surface area (Å²) >= 11 is 0. The maximum atomic E-state index is 12.9. The van der Waals surface area contributed by atoms with Crippen LogP contribution in [-0.4, -0.2) is 54.5 Å². The summed E-state index contributed by atoms with van der Waals surface area (Å²) in [7, 11) is 0. The van der Waals surface area contributed by atoms with E-state index in [1.54, 1.807) is 0 Å². The SMILES string of the molecule is CC(C)(C)CNC(=O)N1CCCN(C(=O)c2ccc3c(c2)CCC3)CC1. The zero-order chi connectivity index (χ0) is 18.7. The lowest BCUT2D eigenvalue weighted by Crippen LogP contribution is -2.44. The first-order valence-corrected chi connectivity index (χ1v) is 9.77. The molecular weight excluding hydrogens is 326 g/mol. The Morgan fingerprint density at radius 3 is 2.42 bits per heavy atom. The zero-order valence-corrected chi connectivity index (χ0v) is 16.3. The number of fused-ring (bicyclic) bond motifs is 1. The molecule has 3 amide bonds. The number of carbonyl (C=O) groups excluding carboxylic acids is 2. The maximum Gasteiger partial charge on any atom is 0.317 e. The number of amides is 3. The van der Waals surface area contributed by atoms with Crippen molar-refractivity contribution in [2.45, 2.75) is 46.5 Å². The number of nitrogens with one attached hydrogen (secondary N) is 1. The number of benzene rings is 1. The van der Waals surface area contributed by atoms with Crippen LogP contribution in [0.1, 0.15) is 55.1 Å². The molecule has 1 saturated heterocycles. The second-order valence-electron chi connectivity index (χ2n) is 8.69. The van der Waals surface area contributed by atoms with Crippen LogP contribution in [0, 0.1) is 5.41 Å². The summed E-state index contributed by atoms with van der Waals surface area (Å²) in [6.07, 6.45) is 4.22. The predicted octanol–water partition coefficient (Wildman–Crippen LogP) is 3.08. The van der Waals surface area contributed by atoms with Crippen LogP contribution in [0.25, 0.3) is 0 Å². The van der Waals surface area contributed by atoms with Gasteiger partial charge in [-0.15, -0.1) is 0 Å². The molecule has 5 nitrogen and oxygen atoms in total. The molecule has 1 heterocycles. The molecule has 1 aromatic carbocycles. The maximum absolute atomic E-state index is 12.9. The highest BCUT2D eigenvalue weighted by molar-refractivity contribution is 5.94. The van der Waals surface area contributed by atoms with Gasteiger partial charge in [0.2, 0.25) is 0 Å². The largest absolute Gasteiger partial charge is 0.337 e. The highest BCUT2D eigenvalue weighted by Gasteiger charge is 2.24. The van der Waals surface area contributed by atoms with Crippen molar-refractivity contribution in [2.24, 2.45) is 5.41 Å². The molecule has 0 spiro atoms. The van der Waals surface area contributed by atoms with Crippen LogP contribution in [0.2, 0.25) is 0 Å². The lowest BCUT2D eigenvalue weighted by atomic mass is 9.97. The Kier molecular flexibility index (Phi) is 5.54. The van der Waals surface area contributed by atoms with Crippen molar-refractivity contribution in [2.75, 3.05) is 32.7 Å². The Bertz CT molecular complexity index is 678. The molecule has 1 fully saturated rings. The lowest BCUT2D eigenvalue weighted by molar-refractivity contribution is 0.0762. The average molecular weight is 357 g/mol. The third-order valence-corrected chi connectivity index (χ3v) is 5.19. The van der Waals surface area contributed by atoms with Crippen molar-refractivity contribution in [3.8, 4) is 0 Å². The number of hydrogen-bond donors (Lipinski definition) is 1. The van der Waals surface area contributed by atoms with E-state index in [0.717, 1.165) is 24.8 Å². The van der Waals surface area contributed by atoms with Crippen LogP contribution in [0.3, 0.4) is 0 Å². The second-order valence-corrected chi connectivity index (χ2v) is 8.69.